The van der Waals surface area contributed by atoms with Gasteiger partial charge >= 0.3 is 0 Å². The summed E-state index contributed by atoms with van der Waals surface area (Å²) in [7, 11) is 0. The van der Waals surface area contributed by atoms with Crippen LogP contribution in [-0.4, -0.2) is 17.4 Å². The summed E-state index contributed by atoms with van der Waals surface area (Å²) in [4.78, 5) is 16.8. The molecule has 0 aliphatic heterocycles. The van der Waals surface area contributed by atoms with E-state index in [9.17, 15) is 4.79 Å². The fourth-order valence-corrected chi connectivity index (χ4v) is 2.33. The first-order valence-corrected chi connectivity index (χ1v) is 7.05. The van der Waals surface area contributed by atoms with Gasteiger partial charge < -0.3 is 10.6 Å². The van der Waals surface area contributed by atoms with Crippen LogP contribution in [-0.2, 0) is 11.3 Å². The normalized spacial score (nSPS) is 10.3. The molecule has 0 atom stereocenters. The highest BCUT2D eigenvalue weighted by Gasteiger charge is 2.04. The number of nitrogens with one attached hydrogen (secondary N) is 2. The molecule has 1 heterocycles. The summed E-state index contributed by atoms with van der Waals surface area (Å²) in [6.07, 6.45) is 1.79. The third-order valence-corrected chi connectivity index (χ3v) is 3.69. The van der Waals surface area contributed by atoms with Gasteiger partial charge in [0.1, 0.15) is 0 Å². The molecule has 1 aromatic heterocycles. The van der Waals surface area contributed by atoms with Gasteiger partial charge in [-0.15, -0.1) is 11.3 Å². The number of aromatic nitrogens is 1. The van der Waals surface area contributed by atoms with Crippen LogP contribution in [0.1, 0.15) is 4.88 Å². The summed E-state index contributed by atoms with van der Waals surface area (Å²) in [5.74, 6) is -0.0635. The minimum absolute atomic E-state index is 0.0635. The first-order chi connectivity index (χ1) is 8.75. The number of hydrogen-bond acceptors (Lipinski definition) is 4. The van der Waals surface area contributed by atoms with Crippen molar-refractivity contribution < 1.29 is 4.79 Å². The van der Waals surface area contributed by atoms with Gasteiger partial charge in [-0.1, -0.05) is 12.1 Å². The average molecular weight is 326 g/mol. The number of halogens is 1. The minimum Gasteiger partial charge on any atom is -0.324 e. The molecule has 0 bridgehead atoms. The second kappa shape index (κ2) is 6.63. The number of para-hydroxylation sites is 1. The fourth-order valence-electron chi connectivity index (χ4n) is 1.39. The van der Waals surface area contributed by atoms with E-state index in [0.29, 0.717) is 6.54 Å². The third kappa shape index (κ3) is 3.90. The Morgan fingerprint density at radius 1 is 1.39 bits per heavy atom. The number of hydrogen-bond donors (Lipinski definition) is 2. The largest absolute Gasteiger partial charge is 0.324 e. The van der Waals surface area contributed by atoms with Crippen LogP contribution in [0.5, 0.6) is 0 Å². The summed E-state index contributed by atoms with van der Waals surface area (Å²) in [5.41, 5.74) is 2.56. The highest BCUT2D eigenvalue weighted by Crippen LogP contribution is 2.20. The smallest absolute Gasteiger partial charge is 0.238 e. The maximum atomic E-state index is 11.7. The standard InChI is InChI=1S/C12H12BrN3OS/c13-10-3-1-2-4-11(10)16-12(17)7-14-5-9-6-15-8-18-9/h1-4,6,8,14H,5,7H2,(H,16,17). The highest BCUT2D eigenvalue weighted by atomic mass is 79.9. The maximum absolute atomic E-state index is 11.7. The van der Waals surface area contributed by atoms with Crippen LogP contribution in [0.2, 0.25) is 0 Å². The molecular formula is C12H12BrN3OS. The summed E-state index contributed by atoms with van der Waals surface area (Å²) >= 11 is 4.95. The van der Waals surface area contributed by atoms with Crippen LogP contribution in [0, 0.1) is 0 Å². The van der Waals surface area contributed by atoms with Crippen molar-refractivity contribution in [3.8, 4) is 0 Å². The molecule has 1 aromatic carbocycles. The number of amides is 1. The zero-order valence-electron chi connectivity index (χ0n) is 9.52. The second-order valence-electron chi connectivity index (χ2n) is 3.60. The first kappa shape index (κ1) is 13.2. The number of anilines is 1. The molecule has 2 N–H and O–H groups in total. The number of thiazole rings is 1. The predicted molar refractivity (Wildman–Crippen MR) is 76.6 cm³/mol. The maximum Gasteiger partial charge on any atom is 0.238 e. The van der Waals surface area contributed by atoms with Crippen LogP contribution in [0.3, 0.4) is 0 Å². The van der Waals surface area contributed by atoms with E-state index in [4.69, 9.17) is 0 Å². The summed E-state index contributed by atoms with van der Waals surface area (Å²) in [6, 6.07) is 7.53. The summed E-state index contributed by atoms with van der Waals surface area (Å²) in [5, 5.41) is 5.90. The Kier molecular flexibility index (Phi) is 4.86. The van der Waals surface area contributed by atoms with Gasteiger partial charge in [0, 0.05) is 22.1 Å². The lowest BCUT2D eigenvalue weighted by molar-refractivity contribution is -0.115. The molecule has 94 valence electrons. The topological polar surface area (TPSA) is 54.0 Å². The van der Waals surface area contributed by atoms with E-state index in [-0.39, 0.29) is 12.5 Å². The molecule has 0 saturated heterocycles. The second-order valence-corrected chi connectivity index (χ2v) is 5.42. The lowest BCUT2D eigenvalue weighted by Gasteiger charge is -2.07. The Morgan fingerprint density at radius 3 is 2.94 bits per heavy atom. The average Bonchev–Trinajstić information content (AvgIpc) is 2.85. The number of carbonyl (C=O) groups excluding carboxylic acids is 1. The predicted octanol–water partition coefficient (Wildman–Crippen LogP) is 2.63. The van der Waals surface area contributed by atoms with Gasteiger partial charge in [-0.2, -0.15) is 0 Å². The molecule has 2 aromatic rings. The Hall–Kier alpha value is -1.24. The lowest BCUT2D eigenvalue weighted by Crippen LogP contribution is -2.27. The van der Waals surface area contributed by atoms with Crippen molar-refractivity contribution >= 4 is 38.9 Å². The van der Waals surface area contributed by atoms with Crippen molar-refractivity contribution in [2.45, 2.75) is 6.54 Å². The molecule has 0 aliphatic rings. The Morgan fingerprint density at radius 2 is 2.22 bits per heavy atom. The quantitative estimate of drug-likeness (QED) is 0.888. The number of carbonyl (C=O) groups is 1. The number of rotatable bonds is 5. The van der Waals surface area contributed by atoms with Gasteiger partial charge in [-0.05, 0) is 28.1 Å². The van der Waals surface area contributed by atoms with Gasteiger partial charge in [0.05, 0.1) is 17.7 Å². The fraction of sp³-hybridized carbons (Fsp3) is 0.167. The highest BCUT2D eigenvalue weighted by molar-refractivity contribution is 9.10. The van der Waals surface area contributed by atoms with Gasteiger partial charge in [0.15, 0.2) is 0 Å². The van der Waals surface area contributed by atoms with Crippen molar-refractivity contribution in [3.05, 3.63) is 45.3 Å². The van der Waals surface area contributed by atoms with E-state index in [0.717, 1.165) is 15.0 Å². The molecule has 0 fully saturated rings. The zero-order valence-corrected chi connectivity index (χ0v) is 11.9. The number of nitrogens with zero attached hydrogens (tertiary/aromatic N) is 1. The molecule has 0 radical (unpaired) electrons. The van der Waals surface area contributed by atoms with Gasteiger partial charge in [0.25, 0.3) is 0 Å². The van der Waals surface area contributed by atoms with Gasteiger partial charge in [-0.25, -0.2) is 0 Å². The molecule has 6 heteroatoms. The van der Waals surface area contributed by atoms with E-state index in [1.54, 1.807) is 23.0 Å². The van der Waals surface area contributed by atoms with E-state index < -0.39 is 0 Å². The van der Waals surface area contributed by atoms with Crippen LogP contribution in [0.4, 0.5) is 5.69 Å². The summed E-state index contributed by atoms with van der Waals surface area (Å²) < 4.78 is 0.876. The molecule has 0 aliphatic carbocycles. The molecule has 18 heavy (non-hydrogen) atoms. The van der Waals surface area contributed by atoms with Crippen molar-refractivity contribution in [1.82, 2.24) is 10.3 Å². The van der Waals surface area contributed by atoms with Crippen LogP contribution < -0.4 is 10.6 Å². The van der Waals surface area contributed by atoms with Gasteiger partial charge in [0.2, 0.25) is 5.91 Å². The van der Waals surface area contributed by atoms with Crippen LogP contribution in [0.15, 0.2) is 40.4 Å². The van der Waals surface area contributed by atoms with Crippen molar-refractivity contribution in [2.24, 2.45) is 0 Å². The Bertz CT molecular complexity index is 516. The molecule has 0 saturated carbocycles. The number of benzene rings is 1. The monoisotopic (exact) mass is 325 g/mol. The SMILES string of the molecule is O=C(CNCc1cncs1)Nc1ccccc1Br. The van der Waals surface area contributed by atoms with E-state index in [1.165, 1.54) is 0 Å². The molecule has 0 unspecified atom stereocenters. The Balaban J connectivity index is 1.77. The van der Waals surface area contributed by atoms with Crippen molar-refractivity contribution in [1.29, 1.82) is 0 Å². The lowest BCUT2D eigenvalue weighted by atomic mass is 10.3. The molecule has 2 rings (SSSR count). The third-order valence-electron chi connectivity index (χ3n) is 2.22. The van der Waals surface area contributed by atoms with E-state index >= 15 is 0 Å². The van der Waals surface area contributed by atoms with Crippen LogP contribution >= 0.6 is 27.3 Å². The molecular weight excluding hydrogens is 314 g/mol. The van der Waals surface area contributed by atoms with E-state index in [1.807, 2.05) is 24.3 Å². The minimum atomic E-state index is -0.0635. The molecule has 1 amide bonds. The molecule has 0 spiro atoms. The zero-order chi connectivity index (χ0) is 12.8. The van der Waals surface area contributed by atoms with Gasteiger partial charge in [-0.3, -0.25) is 9.78 Å². The summed E-state index contributed by atoms with van der Waals surface area (Å²) in [6.45, 7) is 0.938. The van der Waals surface area contributed by atoms with E-state index in [2.05, 4.69) is 31.5 Å². The van der Waals surface area contributed by atoms with Crippen molar-refractivity contribution in [2.75, 3.05) is 11.9 Å². The Labute approximate surface area is 118 Å². The van der Waals surface area contributed by atoms with Crippen LogP contribution in [0.25, 0.3) is 0 Å². The first-order valence-electron chi connectivity index (χ1n) is 5.38. The molecule has 4 nitrogen and oxygen atoms in total. The van der Waals surface area contributed by atoms with Crippen molar-refractivity contribution in [3.63, 3.8) is 0 Å².